The van der Waals surface area contributed by atoms with Crippen LogP contribution in [0.5, 0.6) is 0 Å². The van der Waals surface area contributed by atoms with E-state index in [0.29, 0.717) is 11.6 Å². The number of nitrogens with one attached hydrogen (secondary N) is 1. The van der Waals surface area contributed by atoms with Crippen LogP contribution in [0.15, 0.2) is 34.9 Å². The van der Waals surface area contributed by atoms with Gasteiger partial charge in [-0.3, -0.25) is 5.32 Å². The number of hydrogen-bond donors (Lipinski definition) is 1. The second kappa shape index (κ2) is 6.40. The molecule has 0 saturated carbocycles. The van der Waals surface area contributed by atoms with Crippen molar-refractivity contribution in [1.29, 1.82) is 0 Å². The Kier molecular flexibility index (Phi) is 4.34. The molecule has 2 amide bonds. The van der Waals surface area contributed by atoms with E-state index in [1.54, 1.807) is 13.0 Å². The topological polar surface area (TPSA) is 58.4 Å². The average Bonchev–Trinajstić information content (AvgIpc) is 3.10. The lowest BCUT2D eigenvalue weighted by atomic mass is 10.0. The lowest BCUT2D eigenvalue weighted by molar-refractivity contribution is 0.206. The monoisotopic (exact) mass is 319 g/mol. The van der Waals surface area contributed by atoms with Crippen LogP contribution in [-0.4, -0.2) is 28.7 Å². The van der Waals surface area contributed by atoms with Crippen LogP contribution in [0.4, 0.5) is 10.6 Å². The van der Waals surface area contributed by atoms with E-state index in [1.807, 2.05) is 29.2 Å². The van der Waals surface area contributed by atoms with Gasteiger partial charge in [0.2, 0.25) is 0 Å². The molecule has 1 aromatic heterocycles. The highest BCUT2D eigenvalue weighted by atomic mass is 35.5. The first-order valence-corrected chi connectivity index (χ1v) is 7.75. The van der Waals surface area contributed by atoms with Gasteiger partial charge in [-0.2, -0.15) is 0 Å². The summed E-state index contributed by atoms with van der Waals surface area (Å²) in [6, 6.07) is 9.51. The van der Waals surface area contributed by atoms with Crippen molar-refractivity contribution in [2.75, 3.05) is 11.9 Å². The summed E-state index contributed by atoms with van der Waals surface area (Å²) < 4.78 is 4.97. The molecule has 3 rings (SSSR count). The van der Waals surface area contributed by atoms with Gasteiger partial charge in [0, 0.05) is 23.7 Å². The summed E-state index contributed by atoms with van der Waals surface area (Å²) in [5, 5.41) is 7.33. The molecule has 5 nitrogen and oxygen atoms in total. The normalized spacial score (nSPS) is 17.7. The molecule has 22 heavy (non-hydrogen) atoms. The van der Waals surface area contributed by atoms with Crippen molar-refractivity contribution in [1.82, 2.24) is 10.1 Å². The summed E-state index contributed by atoms with van der Waals surface area (Å²) in [5.74, 6) is 1.12. The number of rotatable bonds is 3. The molecule has 1 aliphatic rings. The third-order valence-corrected chi connectivity index (χ3v) is 4.28. The van der Waals surface area contributed by atoms with E-state index in [-0.39, 0.29) is 12.1 Å². The van der Waals surface area contributed by atoms with Crippen LogP contribution in [0.2, 0.25) is 5.02 Å². The number of benzene rings is 1. The van der Waals surface area contributed by atoms with Crippen molar-refractivity contribution in [3.63, 3.8) is 0 Å². The number of nitrogens with zero attached hydrogens (tertiary/aromatic N) is 2. The van der Waals surface area contributed by atoms with Gasteiger partial charge < -0.3 is 9.42 Å². The van der Waals surface area contributed by atoms with Gasteiger partial charge in [0.15, 0.2) is 5.82 Å². The second-order valence-corrected chi connectivity index (χ2v) is 5.95. The van der Waals surface area contributed by atoms with Crippen molar-refractivity contribution in [2.45, 2.75) is 32.2 Å². The zero-order chi connectivity index (χ0) is 15.5. The van der Waals surface area contributed by atoms with Gasteiger partial charge in [-0.15, -0.1) is 0 Å². The summed E-state index contributed by atoms with van der Waals surface area (Å²) in [4.78, 5) is 14.3. The van der Waals surface area contributed by atoms with Crippen LogP contribution in [0.3, 0.4) is 0 Å². The molecule has 1 aromatic carbocycles. The summed E-state index contributed by atoms with van der Waals surface area (Å²) >= 11 is 6.22. The Morgan fingerprint density at radius 2 is 2.32 bits per heavy atom. The molecule has 1 N–H and O–H groups in total. The zero-order valence-electron chi connectivity index (χ0n) is 12.4. The first-order chi connectivity index (χ1) is 10.6. The summed E-state index contributed by atoms with van der Waals surface area (Å²) in [5.41, 5.74) is 1.08. The molecular formula is C16H18ClN3O2. The number of hydrogen-bond acceptors (Lipinski definition) is 3. The van der Waals surface area contributed by atoms with Crippen molar-refractivity contribution in [2.24, 2.45) is 0 Å². The Morgan fingerprint density at radius 1 is 1.50 bits per heavy atom. The van der Waals surface area contributed by atoms with Gasteiger partial charge in [0.1, 0.15) is 5.76 Å². The Morgan fingerprint density at radius 3 is 3.05 bits per heavy atom. The van der Waals surface area contributed by atoms with E-state index in [0.717, 1.165) is 36.4 Å². The molecule has 1 atom stereocenters. The van der Waals surface area contributed by atoms with Crippen molar-refractivity contribution >= 4 is 23.4 Å². The van der Waals surface area contributed by atoms with Crippen LogP contribution < -0.4 is 5.32 Å². The molecule has 0 radical (unpaired) electrons. The SMILES string of the molecule is Cc1cc(NC(=O)N2CCCC2Cc2ccccc2Cl)no1. The molecule has 0 aliphatic carbocycles. The highest BCUT2D eigenvalue weighted by Gasteiger charge is 2.29. The number of halogens is 1. The number of aromatic nitrogens is 1. The molecule has 2 heterocycles. The van der Waals surface area contributed by atoms with Gasteiger partial charge in [-0.05, 0) is 37.8 Å². The van der Waals surface area contributed by atoms with Crippen LogP contribution in [-0.2, 0) is 6.42 Å². The molecule has 2 aromatic rings. The largest absolute Gasteiger partial charge is 0.360 e. The van der Waals surface area contributed by atoms with Crippen LogP contribution >= 0.6 is 11.6 Å². The van der Waals surface area contributed by atoms with Crippen molar-refractivity contribution in [3.8, 4) is 0 Å². The predicted octanol–water partition coefficient (Wildman–Crippen LogP) is 3.88. The molecule has 1 unspecified atom stereocenters. The second-order valence-electron chi connectivity index (χ2n) is 5.54. The number of carbonyl (C=O) groups is 1. The fraction of sp³-hybridized carbons (Fsp3) is 0.375. The van der Waals surface area contributed by atoms with E-state index in [9.17, 15) is 4.79 Å². The third-order valence-electron chi connectivity index (χ3n) is 3.91. The minimum absolute atomic E-state index is 0.136. The number of aryl methyl sites for hydroxylation is 1. The molecule has 1 fully saturated rings. The first kappa shape index (κ1) is 14.9. The van der Waals surface area contributed by atoms with Crippen LogP contribution in [0, 0.1) is 6.92 Å². The Balaban J connectivity index is 1.67. The predicted molar refractivity (Wildman–Crippen MR) is 85.1 cm³/mol. The lowest BCUT2D eigenvalue weighted by Crippen LogP contribution is -2.39. The van der Waals surface area contributed by atoms with Gasteiger partial charge >= 0.3 is 6.03 Å². The maximum atomic E-state index is 12.4. The Labute approximate surface area is 134 Å². The number of urea groups is 1. The average molecular weight is 320 g/mol. The standard InChI is InChI=1S/C16H18ClN3O2/c1-11-9-15(19-22-11)18-16(21)20-8-4-6-13(20)10-12-5-2-3-7-14(12)17/h2-3,5,7,9,13H,4,6,8,10H2,1H3,(H,18,19,21). The van der Waals surface area contributed by atoms with Crippen molar-refractivity contribution < 1.29 is 9.32 Å². The molecule has 116 valence electrons. The summed E-state index contributed by atoms with van der Waals surface area (Å²) in [7, 11) is 0. The number of anilines is 1. The van der Waals surface area contributed by atoms with Gasteiger partial charge in [0.25, 0.3) is 0 Å². The third kappa shape index (κ3) is 3.25. The van der Waals surface area contributed by atoms with Gasteiger partial charge in [-0.25, -0.2) is 4.79 Å². The Bertz CT molecular complexity index is 671. The molecule has 0 spiro atoms. The van der Waals surface area contributed by atoms with Gasteiger partial charge in [0.05, 0.1) is 0 Å². The quantitative estimate of drug-likeness (QED) is 0.934. The number of carbonyl (C=O) groups excluding carboxylic acids is 1. The zero-order valence-corrected chi connectivity index (χ0v) is 13.1. The highest BCUT2D eigenvalue weighted by Crippen LogP contribution is 2.25. The maximum Gasteiger partial charge on any atom is 0.323 e. The van der Waals surface area contributed by atoms with E-state index in [1.165, 1.54) is 0 Å². The lowest BCUT2D eigenvalue weighted by Gasteiger charge is -2.24. The van der Waals surface area contributed by atoms with Gasteiger partial charge in [-0.1, -0.05) is 35.0 Å². The summed E-state index contributed by atoms with van der Waals surface area (Å²) in [6.45, 7) is 2.54. The molecule has 6 heteroatoms. The molecular weight excluding hydrogens is 302 g/mol. The van der Waals surface area contributed by atoms with Crippen molar-refractivity contribution in [3.05, 3.63) is 46.7 Å². The fourth-order valence-corrected chi connectivity index (χ4v) is 3.05. The number of amides is 2. The van der Waals surface area contributed by atoms with E-state index >= 15 is 0 Å². The molecule has 0 bridgehead atoms. The Hall–Kier alpha value is -2.01. The molecule has 1 saturated heterocycles. The minimum Gasteiger partial charge on any atom is -0.360 e. The first-order valence-electron chi connectivity index (χ1n) is 7.38. The highest BCUT2D eigenvalue weighted by molar-refractivity contribution is 6.31. The number of likely N-dealkylation sites (tertiary alicyclic amines) is 1. The maximum absolute atomic E-state index is 12.4. The van der Waals surface area contributed by atoms with E-state index in [2.05, 4.69) is 10.5 Å². The smallest absolute Gasteiger partial charge is 0.323 e. The van der Waals surface area contributed by atoms with E-state index in [4.69, 9.17) is 16.1 Å². The fourth-order valence-electron chi connectivity index (χ4n) is 2.84. The summed E-state index contributed by atoms with van der Waals surface area (Å²) in [6.07, 6.45) is 2.75. The molecule has 1 aliphatic heterocycles. The minimum atomic E-state index is -0.136. The van der Waals surface area contributed by atoms with Crippen LogP contribution in [0.1, 0.15) is 24.2 Å². The van der Waals surface area contributed by atoms with E-state index < -0.39 is 0 Å². The van der Waals surface area contributed by atoms with Crippen LogP contribution in [0.25, 0.3) is 0 Å².